The van der Waals surface area contributed by atoms with Gasteiger partial charge in [-0.3, -0.25) is 10.3 Å². The predicted octanol–water partition coefficient (Wildman–Crippen LogP) is 2.25. The zero-order valence-electron chi connectivity index (χ0n) is 14.7. The molecule has 0 amide bonds. The fourth-order valence-electron chi connectivity index (χ4n) is 3.63. The Hall–Kier alpha value is -2.84. The molecule has 0 saturated heterocycles. The lowest BCUT2D eigenvalue weighted by atomic mass is 9.74. The summed E-state index contributed by atoms with van der Waals surface area (Å²) in [7, 11) is 0. The van der Waals surface area contributed by atoms with Crippen LogP contribution in [0.15, 0.2) is 42.9 Å². The van der Waals surface area contributed by atoms with Crippen LogP contribution in [0.4, 0.5) is 24.7 Å². The van der Waals surface area contributed by atoms with Crippen molar-refractivity contribution in [3.05, 3.63) is 48.4 Å². The summed E-state index contributed by atoms with van der Waals surface area (Å²) in [6, 6.07) is 8.92. The molecule has 0 saturated carbocycles. The molecule has 152 valence electrons. The van der Waals surface area contributed by atoms with Gasteiger partial charge in [-0.05, 0) is 19.9 Å². The summed E-state index contributed by atoms with van der Waals surface area (Å²) >= 11 is 0. The summed E-state index contributed by atoms with van der Waals surface area (Å²) in [4.78, 5) is 13.0. The zero-order chi connectivity index (χ0) is 19.8. The number of para-hydroxylation sites is 1. The summed E-state index contributed by atoms with van der Waals surface area (Å²) < 4.78 is 33.9. The Bertz CT molecular complexity index is 855. The summed E-state index contributed by atoms with van der Waals surface area (Å²) in [6.45, 7) is 5.60. The van der Waals surface area contributed by atoms with Crippen molar-refractivity contribution in [2.24, 2.45) is 5.92 Å². The number of carboxylic acid groups (broad SMARTS) is 1. The van der Waals surface area contributed by atoms with Gasteiger partial charge in [0.25, 0.3) is 5.82 Å². The SMILES string of the molecule is C.CC1(C)[C@H]2CNc3ccccc3[C@@H]2Nc2cncc[n+]21.O=C([O-])C(F)(F)F. The third-order valence-electron chi connectivity index (χ3n) is 5.03. The van der Waals surface area contributed by atoms with E-state index in [9.17, 15) is 13.2 Å². The number of aliphatic carboxylic acids is 1. The molecule has 28 heavy (non-hydrogen) atoms. The van der Waals surface area contributed by atoms with Crippen molar-refractivity contribution in [3.63, 3.8) is 0 Å². The minimum absolute atomic E-state index is 0. The molecule has 2 aliphatic heterocycles. The van der Waals surface area contributed by atoms with Crippen molar-refractivity contribution in [1.29, 1.82) is 0 Å². The highest BCUT2D eigenvalue weighted by atomic mass is 19.4. The minimum Gasteiger partial charge on any atom is -0.542 e. The molecule has 0 bridgehead atoms. The second-order valence-corrected chi connectivity index (χ2v) is 6.97. The number of rotatable bonds is 0. The van der Waals surface area contributed by atoms with E-state index in [0.29, 0.717) is 12.0 Å². The number of carboxylic acids is 1. The number of carbonyl (C=O) groups excluding carboxylic acids is 1. The van der Waals surface area contributed by atoms with E-state index in [4.69, 9.17) is 9.90 Å². The molecular weight excluding hydrogens is 373 g/mol. The molecule has 1 aromatic heterocycles. The lowest BCUT2D eigenvalue weighted by Crippen LogP contribution is -2.65. The minimum atomic E-state index is -5.19. The van der Waals surface area contributed by atoms with Gasteiger partial charge in [-0.2, -0.15) is 13.2 Å². The van der Waals surface area contributed by atoms with E-state index in [1.807, 2.05) is 12.4 Å². The lowest BCUT2D eigenvalue weighted by Gasteiger charge is -2.44. The average molecular weight is 396 g/mol. The third-order valence-corrected chi connectivity index (χ3v) is 5.03. The van der Waals surface area contributed by atoms with Crippen LogP contribution < -0.4 is 20.3 Å². The van der Waals surface area contributed by atoms with Gasteiger partial charge in [-0.25, -0.2) is 4.57 Å². The van der Waals surface area contributed by atoms with Crippen LogP contribution in [-0.4, -0.2) is 23.7 Å². The van der Waals surface area contributed by atoms with Crippen LogP contribution in [0, 0.1) is 5.92 Å². The number of fused-ring (bicyclic) bond motifs is 4. The van der Waals surface area contributed by atoms with Crippen molar-refractivity contribution in [2.45, 2.75) is 39.0 Å². The molecule has 2 aliphatic rings. The number of halogens is 3. The molecular formula is C19H23F3N4O2. The predicted molar refractivity (Wildman–Crippen MR) is 96.3 cm³/mol. The molecule has 0 unspecified atom stereocenters. The van der Waals surface area contributed by atoms with Gasteiger partial charge in [-0.15, -0.1) is 0 Å². The maximum absolute atomic E-state index is 10.5. The first-order chi connectivity index (χ1) is 12.6. The second-order valence-electron chi connectivity index (χ2n) is 6.97. The molecule has 4 rings (SSSR count). The molecule has 2 aromatic rings. The lowest BCUT2D eigenvalue weighted by molar-refractivity contribution is -0.758. The highest BCUT2D eigenvalue weighted by Gasteiger charge is 2.50. The Morgan fingerprint density at radius 1 is 1.32 bits per heavy atom. The Morgan fingerprint density at radius 3 is 2.61 bits per heavy atom. The van der Waals surface area contributed by atoms with Crippen LogP contribution in [0.1, 0.15) is 32.9 Å². The molecule has 2 atom stereocenters. The number of benzene rings is 1. The van der Waals surface area contributed by atoms with Crippen molar-refractivity contribution >= 4 is 17.5 Å². The van der Waals surface area contributed by atoms with E-state index in [1.54, 1.807) is 0 Å². The molecule has 2 N–H and O–H groups in total. The standard InChI is InChI=1S/C16H18N4.C2HF3O2.CH4/c1-16(2)12-9-18-13-6-4-3-5-11(13)15(12)19-14-10-17-7-8-20(14)16;3-2(4,5)1(6)7;/h3-8,10,12,15,18H,9H2,1-2H3;(H,6,7);1H4/t12-,15-;;/m0../s1. The molecule has 0 spiro atoms. The number of anilines is 2. The van der Waals surface area contributed by atoms with Gasteiger partial charge < -0.3 is 15.2 Å². The monoisotopic (exact) mass is 396 g/mol. The molecule has 0 fully saturated rings. The van der Waals surface area contributed by atoms with E-state index in [2.05, 4.69) is 64.5 Å². The topological polar surface area (TPSA) is 81.0 Å². The quantitative estimate of drug-likeness (QED) is 0.668. The molecule has 6 nitrogen and oxygen atoms in total. The van der Waals surface area contributed by atoms with Crippen molar-refractivity contribution < 1.29 is 27.6 Å². The van der Waals surface area contributed by atoms with E-state index in [0.717, 1.165) is 12.4 Å². The maximum atomic E-state index is 10.5. The number of carbonyl (C=O) groups is 1. The van der Waals surface area contributed by atoms with Crippen LogP contribution in [0.3, 0.4) is 0 Å². The Morgan fingerprint density at radius 2 is 1.96 bits per heavy atom. The van der Waals surface area contributed by atoms with Gasteiger partial charge in [-0.1, -0.05) is 25.6 Å². The summed E-state index contributed by atoms with van der Waals surface area (Å²) in [5, 5.41) is 16.0. The van der Waals surface area contributed by atoms with Gasteiger partial charge in [0, 0.05) is 17.8 Å². The number of hydrogen-bond donors (Lipinski definition) is 2. The van der Waals surface area contributed by atoms with Crippen molar-refractivity contribution in [1.82, 2.24) is 4.98 Å². The third kappa shape index (κ3) is 3.88. The fourth-order valence-corrected chi connectivity index (χ4v) is 3.63. The number of nitrogens with one attached hydrogen (secondary N) is 2. The number of aromatic nitrogens is 2. The largest absolute Gasteiger partial charge is 0.542 e. The Labute approximate surface area is 161 Å². The molecule has 0 aliphatic carbocycles. The van der Waals surface area contributed by atoms with Crippen molar-refractivity contribution in [3.8, 4) is 0 Å². The fraction of sp³-hybridized carbons (Fsp3) is 0.421. The van der Waals surface area contributed by atoms with Crippen LogP contribution in [0.5, 0.6) is 0 Å². The van der Waals surface area contributed by atoms with E-state index >= 15 is 0 Å². The van der Waals surface area contributed by atoms with Crippen molar-refractivity contribution in [2.75, 3.05) is 17.2 Å². The number of alkyl halides is 3. The Balaban J connectivity index is 0.000000306. The van der Waals surface area contributed by atoms with E-state index in [1.165, 1.54) is 11.3 Å². The average Bonchev–Trinajstić information content (AvgIpc) is 2.61. The van der Waals surface area contributed by atoms with E-state index < -0.39 is 12.1 Å². The van der Waals surface area contributed by atoms with Gasteiger partial charge in [0.15, 0.2) is 0 Å². The smallest absolute Gasteiger partial charge is 0.430 e. The summed E-state index contributed by atoms with van der Waals surface area (Å²) in [5.74, 6) is -1.42. The Kier molecular flexibility index (Phi) is 5.86. The first-order valence-electron chi connectivity index (χ1n) is 8.36. The van der Waals surface area contributed by atoms with Gasteiger partial charge >= 0.3 is 6.18 Å². The van der Waals surface area contributed by atoms with Gasteiger partial charge in [0.1, 0.15) is 29.9 Å². The summed E-state index contributed by atoms with van der Waals surface area (Å²) in [6.07, 6.45) is 0.652. The molecule has 1 aromatic carbocycles. The highest BCUT2D eigenvalue weighted by molar-refractivity contribution is 5.70. The number of hydrogen-bond acceptors (Lipinski definition) is 5. The highest BCUT2D eigenvalue weighted by Crippen LogP contribution is 2.43. The second kappa shape index (κ2) is 7.65. The zero-order valence-corrected chi connectivity index (χ0v) is 14.7. The number of nitrogens with zero attached hydrogens (tertiary/aromatic N) is 2. The van der Waals surface area contributed by atoms with Crippen LogP contribution in [0.2, 0.25) is 0 Å². The normalized spacial score (nSPS) is 21.0. The van der Waals surface area contributed by atoms with Crippen LogP contribution >= 0.6 is 0 Å². The van der Waals surface area contributed by atoms with Crippen LogP contribution in [0.25, 0.3) is 0 Å². The molecule has 3 heterocycles. The van der Waals surface area contributed by atoms with Crippen LogP contribution in [-0.2, 0) is 10.3 Å². The van der Waals surface area contributed by atoms with E-state index in [-0.39, 0.29) is 13.0 Å². The first-order valence-corrected chi connectivity index (χ1v) is 8.36. The summed E-state index contributed by atoms with van der Waals surface area (Å²) in [5.41, 5.74) is 2.65. The van der Waals surface area contributed by atoms with Gasteiger partial charge in [0.05, 0.1) is 12.1 Å². The van der Waals surface area contributed by atoms with Gasteiger partial charge in [0.2, 0.25) is 0 Å². The maximum Gasteiger partial charge on any atom is 0.430 e. The molecule has 0 radical (unpaired) electrons. The molecule has 9 heteroatoms. The first kappa shape index (κ1) is 21.5.